The molecular weight excluding hydrogens is 190 g/mol. The van der Waals surface area contributed by atoms with E-state index in [-0.39, 0.29) is 41.9 Å². The maximum Gasteiger partial charge on any atom is 0.0383 e. The van der Waals surface area contributed by atoms with Gasteiger partial charge in [-0.1, -0.05) is 0 Å². The van der Waals surface area contributed by atoms with Crippen LogP contribution in [-0.2, 0) is 21.9 Å². The second kappa shape index (κ2) is 16.0. The van der Waals surface area contributed by atoms with Gasteiger partial charge in [-0.2, -0.15) is 0 Å². The predicted octanol–water partition coefficient (Wildman–Crippen LogP) is -7.24. The molecule has 0 saturated carbocycles. The van der Waals surface area contributed by atoms with E-state index in [4.69, 9.17) is 9.90 Å². The summed E-state index contributed by atoms with van der Waals surface area (Å²) in [6.45, 7) is 0.972. The zero-order chi connectivity index (χ0) is 3.58. The molecule has 0 aliphatic rings. The number of hydrogen-bond acceptors (Lipinski definition) is 2. The molecule has 0 aliphatic heterocycles. The zero-order valence-corrected chi connectivity index (χ0v) is 5.83. The van der Waals surface area contributed by atoms with Crippen LogP contribution in [0.5, 0.6) is 0 Å². The van der Waals surface area contributed by atoms with Crippen molar-refractivity contribution in [1.82, 2.24) is 0 Å². The van der Waals surface area contributed by atoms with E-state index in [1.54, 1.807) is 0 Å². The molecule has 0 aromatic rings. The maximum atomic E-state index is 8.89. The second-order valence-electron chi connectivity index (χ2n) is 0.492. The molecule has 0 atom stereocenters. The minimum atomic E-state index is -1.08. The Hall–Kier alpha value is 0.569. The Morgan fingerprint density at radius 3 is 1.43 bits per heavy atom. The van der Waals surface area contributed by atoms with Crippen molar-refractivity contribution in [3.05, 3.63) is 0 Å². The second-order valence-corrected chi connectivity index (χ2v) is 0.492. The third-order valence-electron chi connectivity index (χ3n) is 0. The van der Waals surface area contributed by atoms with Gasteiger partial charge < -0.3 is 34.7 Å². The molecule has 0 N–H and O–H groups in total. The minimum absolute atomic E-state index is 0. The summed E-state index contributed by atoms with van der Waals surface area (Å²) in [5.41, 5.74) is 0. The molecule has 0 rings (SSSR count). The Bertz CT molecular complexity index is 36.7. The van der Waals surface area contributed by atoms with Crippen LogP contribution in [0.4, 0.5) is 0 Å². The summed E-state index contributed by atoms with van der Waals surface area (Å²) >= 11 is 0. The number of rotatable bonds is 0. The summed E-state index contributed by atoms with van der Waals surface area (Å²) in [4.78, 5) is 8.89. The first kappa shape index (κ1) is 25.6. The van der Waals surface area contributed by atoms with E-state index in [9.17, 15) is 0 Å². The first-order valence-electron chi connectivity index (χ1n) is 0.908. The number of carbonyl (C=O) groups is 1. The Morgan fingerprint density at radius 1 is 1.43 bits per heavy atom. The van der Waals surface area contributed by atoms with Gasteiger partial charge >= 0.3 is 0 Å². The number of aliphatic carboxylic acids is 1. The van der Waals surface area contributed by atoms with Gasteiger partial charge in [0, 0.05) is 23.0 Å². The summed E-state index contributed by atoms with van der Waals surface area (Å²) in [5.74, 6) is -1.08. The molecule has 0 amide bonds. The molecule has 0 saturated heterocycles. The molecular formula is C2H3Cl2CuO2-3. The van der Waals surface area contributed by atoms with E-state index in [0.29, 0.717) is 0 Å². The van der Waals surface area contributed by atoms with Gasteiger partial charge in [0.15, 0.2) is 0 Å². The van der Waals surface area contributed by atoms with E-state index < -0.39 is 5.97 Å². The maximum absolute atomic E-state index is 8.89. The van der Waals surface area contributed by atoms with E-state index in [1.165, 1.54) is 0 Å². The van der Waals surface area contributed by atoms with Crippen LogP contribution in [0.1, 0.15) is 6.92 Å². The van der Waals surface area contributed by atoms with Crippen LogP contribution in [0, 0.1) is 0 Å². The van der Waals surface area contributed by atoms with E-state index >= 15 is 0 Å². The SMILES string of the molecule is CC(=O)[O-].[Cl-].[Cl-].[Cu]. The van der Waals surface area contributed by atoms with Crippen LogP contribution in [0.15, 0.2) is 0 Å². The zero-order valence-electron chi connectivity index (χ0n) is 3.37. The van der Waals surface area contributed by atoms with E-state index in [1.807, 2.05) is 0 Å². The molecule has 5 heteroatoms. The molecule has 0 heterocycles. The normalized spacial score (nSPS) is 3.57. The van der Waals surface area contributed by atoms with Gasteiger partial charge in [-0.3, -0.25) is 0 Å². The summed E-state index contributed by atoms with van der Waals surface area (Å²) < 4.78 is 0. The average Bonchev–Trinajstić information content (AvgIpc) is 0.811. The van der Waals surface area contributed by atoms with E-state index in [2.05, 4.69) is 0 Å². The molecule has 0 aliphatic carbocycles. The van der Waals surface area contributed by atoms with Crippen molar-refractivity contribution in [2.24, 2.45) is 0 Å². The van der Waals surface area contributed by atoms with Crippen LogP contribution in [0.25, 0.3) is 0 Å². The predicted molar refractivity (Wildman–Crippen MR) is 10.7 cm³/mol. The van der Waals surface area contributed by atoms with E-state index in [0.717, 1.165) is 6.92 Å². The van der Waals surface area contributed by atoms with Crippen molar-refractivity contribution in [2.45, 2.75) is 6.92 Å². The van der Waals surface area contributed by atoms with Crippen molar-refractivity contribution in [1.29, 1.82) is 0 Å². The van der Waals surface area contributed by atoms with Gasteiger partial charge in [0.05, 0.1) is 0 Å². The smallest absolute Gasteiger partial charge is 0.0383 e. The molecule has 0 unspecified atom stereocenters. The van der Waals surface area contributed by atoms with Gasteiger partial charge in [0.2, 0.25) is 0 Å². The number of halogens is 2. The topological polar surface area (TPSA) is 40.1 Å². The fourth-order valence-electron chi connectivity index (χ4n) is 0. The Balaban J connectivity index is -0.0000000150. The van der Waals surface area contributed by atoms with Crippen LogP contribution >= 0.6 is 0 Å². The number of carboxylic acids is 1. The fraction of sp³-hybridized carbons (Fsp3) is 0.500. The first-order chi connectivity index (χ1) is 1.73. The molecule has 0 spiro atoms. The summed E-state index contributed by atoms with van der Waals surface area (Å²) in [6, 6.07) is 0. The van der Waals surface area contributed by atoms with Gasteiger partial charge in [0.25, 0.3) is 0 Å². The monoisotopic (exact) mass is 192 g/mol. The number of hydrogen-bond donors (Lipinski definition) is 0. The number of carbonyl (C=O) groups excluding carboxylic acids is 1. The Labute approximate surface area is 65.0 Å². The minimum Gasteiger partial charge on any atom is -1.00 e. The Kier molecular flexibility index (Phi) is 58.6. The van der Waals surface area contributed by atoms with Crippen molar-refractivity contribution in [3.63, 3.8) is 0 Å². The molecule has 1 radical (unpaired) electrons. The van der Waals surface area contributed by atoms with Gasteiger partial charge in [-0.05, 0) is 6.92 Å². The molecule has 0 bridgehead atoms. The van der Waals surface area contributed by atoms with Crippen LogP contribution in [-0.4, -0.2) is 5.97 Å². The molecule has 7 heavy (non-hydrogen) atoms. The van der Waals surface area contributed by atoms with Crippen LogP contribution in [0.3, 0.4) is 0 Å². The summed E-state index contributed by atoms with van der Waals surface area (Å²) in [6.07, 6.45) is 0. The number of carboxylic acid groups (broad SMARTS) is 1. The standard InChI is InChI=1S/C2H4O2.2ClH.Cu/c1-2(3)4;;;/h1H3,(H,3,4);2*1H;/p-3. The fourth-order valence-corrected chi connectivity index (χ4v) is 0. The van der Waals surface area contributed by atoms with Gasteiger partial charge in [0.1, 0.15) is 0 Å². The molecule has 51 valence electrons. The quantitative estimate of drug-likeness (QED) is 0.359. The van der Waals surface area contributed by atoms with Crippen molar-refractivity contribution in [2.75, 3.05) is 0 Å². The summed E-state index contributed by atoms with van der Waals surface area (Å²) in [7, 11) is 0. The van der Waals surface area contributed by atoms with Crippen molar-refractivity contribution in [3.8, 4) is 0 Å². The third kappa shape index (κ3) is 423. The van der Waals surface area contributed by atoms with Crippen molar-refractivity contribution >= 4 is 5.97 Å². The van der Waals surface area contributed by atoms with Crippen LogP contribution < -0.4 is 29.9 Å². The van der Waals surface area contributed by atoms with Crippen LogP contribution in [0.2, 0.25) is 0 Å². The van der Waals surface area contributed by atoms with Gasteiger partial charge in [-0.15, -0.1) is 0 Å². The first-order valence-corrected chi connectivity index (χ1v) is 0.908. The largest absolute Gasteiger partial charge is 1.00 e. The van der Waals surface area contributed by atoms with Gasteiger partial charge in [-0.25, -0.2) is 0 Å². The van der Waals surface area contributed by atoms with Crippen molar-refractivity contribution < 1.29 is 51.8 Å². The molecule has 0 fully saturated rings. The summed E-state index contributed by atoms with van der Waals surface area (Å²) in [5, 5.41) is 8.89. The Morgan fingerprint density at radius 2 is 1.43 bits per heavy atom. The molecule has 0 aromatic heterocycles. The molecule has 2 nitrogen and oxygen atoms in total. The molecule has 0 aromatic carbocycles. The third-order valence-corrected chi connectivity index (χ3v) is 0. The average molecular weight is 193 g/mol.